The summed E-state index contributed by atoms with van der Waals surface area (Å²) in [6, 6.07) is 8.95. The second-order valence-corrected chi connectivity index (χ2v) is 18.0. The number of fused-ring (bicyclic) bond motifs is 1. The van der Waals surface area contributed by atoms with E-state index in [0.717, 1.165) is 11.3 Å². The Morgan fingerprint density at radius 3 is 2.38 bits per heavy atom. The van der Waals surface area contributed by atoms with Crippen molar-refractivity contribution < 1.29 is 43.2 Å². The highest BCUT2D eigenvalue weighted by Crippen LogP contribution is 2.43. The number of rotatable bonds is 13. The normalized spacial score (nSPS) is 37.1. The van der Waals surface area contributed by atoms with E-state index in [1.807, 2.05) is 101 Å². The Kier molecular flexibility index (Phi) is 16.0. The molecule has 3 N–H and O–H groups in total. The minimum atomic E-state index is -1.28. The summed E-state index contributed by atoms with van der Waals surface area (Å²) in [4.78, 5) is 49.1. The lowest BCUT2D eigenvalue weighted by Crippen LogP contribution is -2.63. The molecule has 0 radical (unpaired) electrons. The van der Waals surface area contributed by atoms with Crippen molar-refractivity contribution in [3.63, 3.8) is 0 Å². The third-order valence-electron chi connectivity index (χ3n) is 13.4. The van der Waals surface area contributed by atoms with Crippen LogP contribution in [0.3, 0.4) is 0 Å². The number of methoxy groups -OCH3 is 1. The Balaban J connectivity index is 1.47. The van der Waals surface area contributed by atoms with Crippen LogP contribution in [0.25, 0.3) is 11.3 Å². The summed E-state index contributed by atoms with van der Waals surface area (Å²) in [5.41, 5.74) is 2.95. The summed E-state index contributed by atoms with van der Waals surface area (Å²) in [7, 11) is 5.41. The maximum Gasteiger partial charge on any atom is 0.425 e. The van der Waals surface area contributed by atoms with Gasteiger partial charge in [0, 0.05) is 50.0 Å². The number of hydrogen-bond donors (Lipinski definition) is 3. The number of cyclic esters (lactones) is 1. The lowest BCUT2D eigenvalue weighted by atomic mass is 9.71. The molecule has 0 aliphatic carbocycles. The van der Waals surface area contributed by atoms with E-state index in [9.17, 15) is 19.5 Å². The standard InChI is InChI=1S/C45H72N6O9/c1-13-35-45(9)39(51(43(55)60-45)48-21-18-22-50-25-33(47-26-50)32-19-16-15-17-20-32)29(5)36(46-14-2)27(3)24-44(8,56-12)40(30(6)37(52)31(7)41(54)58-35)59-42-38(53)34(49(10)11)23-28(4)57-42/h15-17,19-20,25-31,34-36,38-40,42,46,48,53H,13-14,18,21-24H2,1-12H3/t27-,28-,29+,30+,31-,34+,35-,36?,38-,39-,40-,42+,44+,45-/m1/s1. The molecule has 336 valence electrons. The van der Waals surface area contributed by atoms with E-state index in [1.54, 1.807) is 26.0 Å². The third kappa shape index (κ3) is 10.1. The van der Waals surface area contributed by atoms with Gasteiger partial charge in [0.1, 0.15) is 18.1 Å². The number of aromatic nitrogens is 2. The maximum absolute atomic E-state index is 14.5. The van der Waals surface area contributed by atoms with Crippen LogP contribution in [0.2, 0.25) is 0 Å². The summed E-state index contributed by atoms with van der Waals surface area (Å²) in [5, 5.41) is 16.8. The fourth-order valence-corrected chi connectivity index (χ4v) is 10.1. The van der Waals surface area contributed by atoms with Gasteiger partial charge in [-0.3, -0.25) is 9.59 Å². The summed E-state index contributed by atoms with van der Waals surface area (Å²) >= 11 is 0. The van der Waals surface area contributed by atoms with Gasteiger partial charge in [0.15, 0.2) is 17.7 Å². The predicted molar refractivity (Wildman–Crippen MR) is 227 cm³/mol. The first-order chi connectivity index (χ1) is 28.4. The molecule has 0 bridgehead atoms. The number of imidazole rings is 1. The van der Waals surface area contributed by atoms with E-state index < -0.39 is 71.5 Å². The van der Waals surface area contributed by atoms with Gasteiger partial charge in [-0.1, -0.05) is 65.0 Å². The van der Waals surface area contributed by atoms with Crippen LogP contribution in [-0.4, -0.2) is 137 Å². The van der Waals surface area contributed by atoms with Crippen molar-refractivity contribution in [2.24, 2.45) is 23.7 Å². The fraction of sp³-hybridized carbons (Fsp3) is 0.733. The molecule has 0 saturated carbocycles. The molecule has 1 unspecified atom stereocenters. The van der Waals surface area contributed by atoms with E-state index in [2.05, 4.69) is 29.6 Å². The van der Waals surface area contributed by atoms with Crippen LogP contribution in [0.4, 0.5) is 4.79 Å². The van der Waals surface area contributed by atoms with Crippen molar-refractivity contribution in [3.8, 4) is 11.3 Å². The van der Waals surface area contributed by atoms with E-state index in [-0.39, 0.29) is 30.0 Å². The SMILES string of the molecule is CCNC1[C@H](C)C[C@](C)(OC)[C@H](O[C@@H]2O[C@H](C)C[C@H](N(C)C)[C@H]2O)[C@@H](C)C(=O)[C@@H](C)C(=O)O[C@H](CC)[C@@]2(C)OC(=O)N(NCCCn3cnc(-c4ccccc4)c3)[C@@H]2[C@H]1C. The molecule has 4 heterocycles. The van der Waals surface area contributed by atoms with Crippen LogP contribution in [0.15, 0.2) is 42.9 Å². The van der Waals surface area contributed by atoms with Crippen LogP contribution in [-0.2, 0) is 39.8 Å². The number of ether oxygens (including phenoxy) is 5. The summed E-state index contributed by atoms with van der Waals surface area (Å²) in [6.07, 6.45) is 1.24. The number of nitrogens with zero attached hydrogens (tertiary/aromatic N) is 4. The third-order valence-corrected chi connectivity index (χ3v) is 13.4. The zero-order valence-electron chi connectivity index (χ0n) is 37.9. The Labute approximate surface area is 357 Å². The zero-order valence-corrected chi connectivity index (χ0v) is 37.9. The molecular formula is C45H72N6O9. The number of esters is 1. The Morgan fingerprint density at radius 2 is 1.75 bits per heavy atom. The van der Waals surface area contributed by atoms with Crippen LogP contribution in [0.1, 0.15) is 88.0 Å². The van der Waals surface area contributed by atoms with E-state index in [0.29, 0.717) is 45.3 Å². The molecule has 0 spiro atoms. The number of Topliss-reactive ketones (excluding diaryl/α,β-unsaturated/α-hetero) is 1. The first-order valence-corrected chi connectivity index (χ1v) is 21.9. The van der Waals surface area contributed by atoms with Crippen molar-refractivity contribution >= 4 is 17.8 Å². The molecule has 60 heavy (non-hydrogen) atoms. The number of carbonyl (C=O) groups excluding carboxylic acids is 3. The number of carbonyl (C=O) groups is 3. The topological polar surface area (TPSA) is 166 Å². The van der Waals surface area contributed by atoms with E-state index in [1.165, 1.54) is 0 Å². The summed E-state index contributed by atoms with van der Waals surface area (Å²) < 4.78 is 33.9. The monoisotopic (exact) mass is 841 g/mol. The lowest BCUT2D eigenvalue weighted by molar-refractivity contribution is -0.295. The van der Waals surface area contributed by atoms with Crippen LogP contribution in [0, 0.1) is 23.7 Å². The van der Waals surface area contributed by atoms with Gasteiger partial charge in [0.2, 0.25) is 0 Å². The van der Waals surface area contributed by atoms with Crippen molar-refractivity contribution in [1.82, 2.24) is 30.2 Å². The molecule has 5 rings (SSSR count). The Morgan fingerprint density at radius 1 is 1.05 bits per heavy atom. The van der Waals surface area contributed by atoms with Crippen molar-refractivity contribution in [2.45, 2.75) is 155 Å². The molecule has 1 aromatic heterocycles. The number of benzene rings is 1. The number of ketones is 1. The lowest BCUT2D eigenvalue weighted by Gasteiger charge is -2.48. The smallest absolute Gasteiger partial charge is 0.425 e. The van der Waals surface area contributed by atoms with Crippen LogP contribution in [0.5, 0.6) is 0 Å². The number of likely N-dealkylation sites (N-methyl/N-ethyl adjacent to an activating group) is 1. The van der Waals surface area contributed by atoms with Gasteiger partial charge in [-0.15, -0.1) is 0 Å². The number of hydrazine groups is 1. The molecule has 2 aromatic rings. The molecule has 3 aliphatic heterocycles. The van der Waals surface area contributed by atoms with Gasteiger partial charge >= 0.3 is 12.1 Å². The predicted octanol–water partition coefficient (Wildman–Crippen LogP) is 5.06. The largest absolute Gasteiger partial charge is 0.458 e. The first kappa shape index (κ1) is 47.6. The molecule has 15 heteroatoms. The van der Waals surface area contributed by atoms with Crippen molar-refractivity contribution in [1.29, 1.82) is 0 Å². The minimum Gasteiger partial charge on any atom is -0.458 e. The number of aliphatic hydroxyl groups is 1. The van der Waals surface area contributed by atoms with Crippen molar-refractivity contribution in [2.75, 3.05) is 34.3 Å². The highest BCUT2D eigenvalue weighted by Gasteiger charge is 2.60. The minimum absolute atomic E-state index is 0.117. The molecule has 14 atom stereocenters. The number of aryl methyl sites for hydroxylation is 1. The molecule has 1 amide bonds. The fourth-order valence-electron chi connectivity index (χ4n) is 10.1. The maximum atomic E-state index is 14.5. The van der Waals surface area contributed by atoms with Gasteiger partial charge in [0.25, 0.3) is 0 Å². The number of hydrogen-bond acceptors (Lipinski definition) is 13. The van der Waals surface area contributed by atoms with Gasteiger partial charge in [-0.25, -0.2) is 20.2 Å². The van der Waals surface area contributed by atoms with E-state index >= 15 is 0 Å². The number of nitrogens with one attached hydrogen (secondary N) is 2. The number of aliphatic hydroxyl groups excluding tert-OH is 1. The Hall–Kier alpha value is -3.44. The van der Waals surface area contributed by atoms with Gasteiger partial charge in [-0.2, -0.15) is 0 Å². The first-order valence-electron chi connectivity index (χ1n) is 21.9. The summed E-state index contributed by atoms with van der Waals surface area (Å²) in [6.45, 7) is 18.9. The molecule has 1 aromatic carbocycles. The average molecular weight is 841 g/mol. The number of amides is 1. The molecule has 3 fully saturated rings. The highest BCUT2D eigenvalue weighted by atomic mass is 16.7. The molecule has 3 aliphatic rings. The molecule has 15 nitrogen and oxygen atoms in total. The molecule has 3 saturated heterocycles. The van der Waals surface area contributed by atoms with Gasteiger partial charge in [-0.05, 0) is 85.9 Å². The van der Waals surface area contributed by atoms with Crippen LogP contribution >= 0.6 is 0 Å². The van der Waals surface area contributed by atoms with Crippen molar-refractivity contribution in [3.05, 3.63) is 42.9 Å². The van der Waals surface area contributed by atoms with E-state index in [4.69, 9.17) is 23.7 Å². The van der Waals surface area contributed by atoms with Crippen LogP contribution < -0.4 is 10.7 Å². The second-order valence-electron chi connectivity index (χ2n) is 18.0. The van der Waals surface area contributed by atoms with Gasteiger partial charge < -0.3 is 43.6 Å². The Bertz CT molecular complexity index is 1730. The second kappa shape index (κ2) is 20.2. The average Bonchev–Trinajstić information content (AvgIpc) is 3.80. The molecular weight excluding hydrogens is 769 g/mol. The quantitative estimate of drug-likeness (QED) is 0.139. The summed E-state index contributed by atoms with van der Waals surface area (Å²) in [5.74, 6) is -3.54. The zero-order chi connectivity index (χ0) is 44.1. The highest BCUT2D eigenvalue weighted by molar-refractivity contribution is 6.00. The van der Waals surface area contributed by atoms with Gasteiger partial charge in [0.05, 0.1) is 35.9 Å².